The van der Waals surface area contributed by atoms with Crippen molar-refractivity contribution in [1.82, 2.24) is 0 Å². The highest BCUT2D eigenvalue weighted by Crippen LogP contribution is 2.45. The summed E-state index contributed by atoms with van der Waals surface area (Å²) in [4.78, 5) is 2.48. The van der Waals surface area contributed by atoms with E-state index in [2.05, 4.69) is 57.0 Å². The molecule has 1 saturated heterocycles. The Balaban J connectivity index is 1.83. The summed E-state index contributed by atoms with van der Waals surface area (Å²) >= 11 is 0. The van der Waals surface area contributed by atoms with Gasteiger partial charge in [-0.15, -0.1) is 0 Å². The van der Waals surface area contributed by atoms with Crippen LogP contribution in [0.5, 0.6) is 0 Å². The quantitative estimate of drug-likeness (QED) is 0.759. The monoisotopic (exact) mass is 333 g/mol. The average molecular weight is 334 g/mol. The van der Waals surface area contributed by atoms with Crippen molar-refractivity contribution in [3.05, 3.63) is 29.3 Å². The maximum atomic E-state index is 6.73. The van der Waals surface area contributed by atoms with Gasteiger partial charge in [-0.05, 0) is 48.2 Å². The van der Waals surface area contributed by atoms with E-state index in [1.165, 1.54) is 16.8 Å². The largest absolute Gasteiger partial charge is 0.410 e. The second-order valence-electron chi connectivity index (χ2n) is 8.35. The first-order valence-electron chi connectivity index (χ1n) is 8.92. The molecule has 0 unspecified atom stereocenters. The van der Waals surface area contributed by atoms with Gasteiger partial charge in [0, 0.05) is 18.8 Å². The number of ether oxygens (including phenoxy) is 1. The number of fused-ring (bicyclic) bond motifs is 1. The minimum atomic E-state index is -1.73. The van der Waals surface area contributed by atoms with Crippen molar-refractivity contribution in [3.63, 3.8) is 0 Å². The van der Waals surface area contributed by atoms with Crippen molar-refractivity contribution in [2.45, 2.75) is 57.8 Å². The van der Waals surface area contributed by atoms with Crippen molar-refractivity contribution in [3.8, 4) is 0 Å². The molecule has 4 heteroatoms. The van der Waals surface area contributed by atoms with Crippen molar-refractivity contribution < 1.29 is 9.16 Å². The lowest BCUT2D eigenvalue weighted by atomic mass is 10.1. The predicted molar refractivity (Wildman–Crippen MR) is 98.8 cm³/mol. The van der Waals surface area contributed by atoms with Gasteiger partial charge in [-0.1, -0.05) is 32.9 Å². The molecule has 1 fully saturated rings. The summed E-state index contributed by atoms with van der Waals surface area (Å²) in [6.07, 6.45) is 2.55. The first-order valence-corrected chi connectivity index (χ1v) is 11.8. The van der Waals surface area contributed by atoms with Crippen molar-refractivity contribution in [1.29, 1.82) is 0 Å². The molecule has 1 aromatic rings. The highest BCUT2D eigenvalue weighted by atomic mass is 28.4. The van der Waals surface area contributed by atoms with E-state index in [9.17, 15) is 0 Å². The average Bonchev–Trinajstić information content (AvgIpc) is 2.89. The number of nitrogens with zero attached hydrogens (tertiary/aromatic N) is 1. The van der Waals surface area contributed by atoms with E-state index in [4.69, 9.17) is 9.16 Å². The van der Waals surface area contributed by atoms with Gasteiger partial charge < -0.3 is 14.1 Å². The van der Waals surface area contributed by atoms with Crippen molar-refractivity contribution in [2.24, 2.45) is 0 Å². The summed E-state index contributed by atoms with van der Waals surface area (Å²) in [5, 5.41) is 0.261. The van der Waals surface area contributed by atoms with Gasteiger partial charge in [0.1, 0.15) is 0 Å². The van der Waals surface area contributed by atoms with Gasteiger partial charge in [-0.3, -0.25) is 0 Å². The fraction of sp³-hybridized carbons (Fsp3) is 0.684. The molecule has 0 aromatic heterocycles. The second-order valence-corrected chi connectivity index (χ2v) is 13.1. The lowest BCUT2D eigenvalue weighted by Gasteiger charge is -2.38. The van der Waals surface area contributed by atoms with Gasteiger partial charge in [0.2, 0.25) is 0 Å². The van der Waals surface area contributed by atoms with E-state index in [0.717, 1.165) is 39.1 Å². The van der Waals surface area contributed by atoms with Crippen LogP contribution in [-0.4, -0.2) is 34.6 Å². The van der Waals surface area contributed by atoms with Gasteiger partial charge in [0.15, 0.2) is 8.32 Å². The topological polar surface area (TPSA) is 21.7 Å². The van der Waals surface area contributed by atoms with Gasteiger partial charge in [0.05, 0.1) is 19.3 Å². The van der Waals surface area contributed by atoms with Crippen LogP contribution in [0.25, 0.3) is 0 Å². The molecule has 1 atom stereocenters. The van der Waals surface area contributed by atoms with Crippen LogP contribution in [0.3, 0.4) is 0 Å². The minimum absolute atomic E-state index is 0.261. The molecule has 0 spiro atoms. The number of morpholine rings is 1. The van der Waals surface area contributed by atoms with E-state index in [-0.39, 0.29) is 11.1 Å². The van der Waals surface area contributed by atoms with Crippen LogP contribution >= 0.6 is 0 Å². The van der Waals surface area contributed by atoms with Crippen LogP contribution in [0.15, 0.2) is 18.2 Å². The molecule has 0 N–H and O–H groups in total. The highest BCUT2D eigenvalue weighted by Gasteiger charge is 2.41. The number of rotatable bonds is 3. The predicted octanol–water partition coefficient (Wildman–Crippen LogP) is 4.53. The molecular formula is C19H31NO2Si. The fourth-order valence-electron chi connectivity index (χ4n) is 3.35. The Morgan fingerprint density at radius 1 is 1.17 bits per heavy atom. The first kappa shape index (κ1) is 17.0. The molecule has 1 heterocycles. The molecule has 1 aliphatic carbocycles. The van der Waals surface area contributed by atoms with Crippen LogP contribution < -0.4 is 4.90 Å². The molecule has 23 heavy (non-hydrogen) atoms. The Morgan fingerprint density at radius 2 is 1.87 bits per heavy atom. The lowest BCUT2D eigenvalue weighted by Crippen LogP contribution is -2.41. The van der Waals surface area contributed by atoms with Crippen LogP contribution in [0.4, 0.5) is 5.69 Å². The van der Waals surface area contributed by atoms with E-state index in [1.54, 1.807) is 0 Å². The third-order valence-electron chi connectivity index (χ3n) is 5.79. The Morgan fingerprint density at radius 3 is 2.52 bits per heavy atom. The minimum Gasteiger partial charge on any atom is -0.410 e. The van der Waals surface area contributed by atoms with Gasteiger partial charge in [0.25, 0.3) is 0 Å². The number of benzene rings is 1. The molecule has 0 amide bonds. The fourth-order valence-corrected chi connectivity index (χ4v) is 4.66. The van der Waals surface area contributed by atoms with E-state index < -0.39 is 8.32 Å². The van der Waals surface area contributed by atoms with E-state index in [0.29, 0.717) is 0 Å². The molecule has 1 aliphatic heterocycles. The third kappa shape index (κ3) is 3.35. The first-order chi connectivity index (χ1) is 10.8. The van der Waals surface area contributed by atoms with Gasteiger partial charge in [-0.2, -0.15) is 0 Å². The second kappa shape index (κ2) is 6.23. The maximum absolute atomic E-state index is 6.73. The summed E-state index contributed by atoms with van der Waals surface area (Å²) < 4.78 is 12.2. The SMILES string of the molecule is CC(C)(C)[Si](C)(C)O[C@H]1CCc2c1cccc2N1CCOCC1. The highest BCUT2D eigenvalue weighted by molar-refractivity contribution is 6.74. The maximum Gasteiger partial charge on any atom is 0.192 e. The third-order valence-corrected chi connectivity index (χ3v) is 10.3. The van der Waals surface area contributed by atoms with Gasteiger partial charge in [-0.25, -0.2) is 0 Å². The smallest absolute Gasteiger partial charge is 0.192 e. The molecule has 0 radical (unpaired) electrons. The number of hydrogen-bond donors (Lipinski definition) is 0. The normalized spacial score (nSPS) is 22.3. The van der Waals surface area contributed by atoms with Crippen LogP contribution in [0, 0.1) is 0 Å². The Bertz CT molecular complexity index is 559. The van der Waals surface area contributed by atoms with Crippen LogP contribution in [-0.2, 0) is 15.6 Å². The zero-order valence-electron chi connectivity index (χ0n) is 15.3. The molecule has 1 aromatic carbocycles. The Hall–Kier alpha value is -0.843. The summed E-state index contributed by atoms with van der Waals surface area (Å²) in [6.45, 7) is 15.4. The molecule has 128 valence electrons. The molecule has 2 aliphatic rings. The van der Waals surface area contributed by atoms with Crippen molar-refractivity contribution >= 4 is 14.0 Å². The summed E-state index contributed by atoms with van der Waals surface area (Å²) in [5.41, 5.74) is 4.35. The van der Waals surface area contributed by atoms with E-state index in [1.807, 2.05) is 0 Å². The van der Waals surface area contributed by atoms with E-state index >= 15 is 0 Å². The van der Waals surface area contributed by atoms with Gasteiger partial charge >= 0.3 is 0 Å². The zero-order chi connectivity index (χ0) is 16.7. The molecule has 0 saturated carbocycles. The summed E-state index contributed by atoms with van der Waals surface area (Å²) in [7, 11) is -1.73. The molecule has 3 nitrogen and oxygen atoms in total. The Kier molecular flexibility index (Phi) is 4.60. The zero-order valence-corrected chi connectivity index (χ0v) is 16.3. The molecule has 3 rings (SSSR count). The van der Waals surface area contributed by atoms with Crippen LogP contribution in [0.2, 0.25) is 18.1 Å². The standard InChI is InChI=1S/C19H31NO2Si/c1-19(2,3)23(4,5)22-18-10-9-15-16(18)7-6-8-17(15)20-11-13-21-14-12-20/h6-8,18H,9-14H2,1-5H3/t18-/m0/s1. The van der Waals surface area contributed by atoms with Crippen molar-refractivity contribution in [2.75, 3.05) is 31.2 Å². The number of anilines is 1. The summed E-state index contributed by atoms with van der Waals surface area (Å²) in [6, 6.07) is 6.76. The summed E-state index contributed by atoms with van der Waals surface area (Å²) in [5.74, 6) is 0. The van der Waals surface area contributed by atoms with Crippen LogP contribution in [0.1, 0.15) is 44.4 Å². The lowest BCUT2D eigenvalue weighted by molar-refractivity contribution is 0.122. The number of hydrogen-bond acceptors (Lipinski definition) is 3. The Labute approximate surface area is 142 Å². The molecular weight excluding hydrogens is 302 g/mol. The molecule has 0 bridgehead atoms.